The van der Waals surface area contributed by atoms with Crippen molar-refractivity contribution in [1.29, 1.82) is 0 Å². The number of rotatable bonds is 6. The first-order valence-electron chi connectivity index (χ1n) is 6.57. The van der Waals surface area contributed by atoms with Crippen LogP contribution in [0, 0.1) is 0 Å². The van der Waals surface area contributed by atoms with Crippen molar-refractivity contribution < 1.29 is 0 Å². The van der Waals surface area contributed by atoms with Crippen molar-refractivity contribution >= 4 is 11.3 Å². The number of nitrogens with one attached hydrogen (secondary N) is 1. The zero-order valence-electron chi connectivity index (χ0n) is 11.3. The number of aromatic nitrogens is 2. The van der Waals surface area contributed by atoms with Crippen LogP contribution in [0.2, 0.25) is 0 Å². The fourth-order valence-electron chi connectivity index (χ4n) is 2.00. The first kappa shape index (κ1) is 13.3. The second kappa shape index (κ2) is 6.16. The van der Waals surface area contributed by atoms with Crippen LogP contribution in [0.1, 0.15) is 43.1 Å². The van der Waals surface area contributed by atoms with Crippen molar-refractivity contribution in [1.82, 2.24) is 15.1 Å². The Bertz CT molecular complexity index is 473. The van der Waals surface area contributed by atoms with E-state index in [2.05, 4.69) is 59.4 Å². The lowest BCUT2D eigenvalue weighted by Gasteiger charge is -2.12. The van der Waals surface area contributed by atoms with Crippen molar-refractivity contribution in [2.24, 2.45) is 0 Å². The molecule has 2 aromatic heterocycles. The van der Waals surface area contributed by atoms with Crippen LogP contribution in [0.4, 0.5) is 0 Å². The van der Waals surface area contributed by atoms with E-state index in [0.29, 0.717) is 6.04 Å². The molecule has 2 rings (SSSR count). The Balaban J connectivity index is 1.99. The molecule has 0 spiro atoms. The molecule has 0 saturated carbocycles. The second-order valence-electron chi connectivity index (χ2n) is 4.41. The second-order valence-corrected chi connectivity index (χ2v) is 5.39. The van der Waals surface area contributed by atoms with E-state index in [4.69, 9.17) is 0 Å². The van der Waals surface area contributed by atoms with Crippen LogP contribution in [0.25, 0.3) is 0 Å². The maximum absolute atomic E-state index is 4.57. The minimum Gasteiger partial charge on any atom is -0.304 e. The van der Waals surface area contributed by atoms with Crippen LogP contribution in [0.5, 0.6) is 0 Å². The molecule has 0 aromatic carbocycles. The maximum atomic E-state index is 4.57. The van der Waals surface area contributed by atoms with Crippen LogP contribution in [0.3, 0.4) is 0 Å². The number of thiophene rings is 1. The molecule has 2 aromatic rings. The van der Waals surface area contributed by atoms with E-state index >= 15 is 0 Å². The predicted octanol–water partition coefficient (Wildman–Crippen LogP) is 3.38. The maximum Gasteiger partial charge on any atom is 0.0625 e. The van der Waals surface area contributed by atoms with Gasteiger partial charge in [0.15, 0.2) is 0 Å². The summed E-state index contributed by atoms with van der Waals surface area (Å²) in [6.45, 7) is 8.30. The van der Waals surface area contributed by atoms with Gasteiger partial charge in [-0.3, -0.25) is 4.68 Å². The van der Waals surface area contributed by atoms with Gasteiger partial charge >= 0.3 is 0 Å². The van der Waals surface area contributed by atoms with Crippen molar-refractivity contribution in [3.63, 3.8) is 0 Å². The van der Waals surface area contributed by atoms with E-state index < -0.39 is 0 Å². The lowest BCUT2D eigenvalue weighted by molar-refractivity contribution is 0.535. The molecular formula is C14H21N3S. The first-order valence-corrected chi connectivity index (χ1v) is 7.45. The molecule has 4 heteroatoms. The number of hydrogen-bond donors (Lipinski definition) is 1. The van der Waals surface area contributed by atoms with Crippen LogP contribution in [-0.2, 0) is 19.5 Å². The smallest absolute Gasteiger partial charge is 0.0625 e. The van der Waals surface area contributed by atoms with E-state index in [9.17, 15) is 0 Å². The number of aryl methyl sites for hydroxylation is 2. The number of nitrogens with zero attached hydrogens (tertiary/aromatic N) is 2. The van der Waals surface area contributed by atoms with Gasteiger partial charge in [-0.2, -0.15) is 5.10 Å². The van der Waals surface area contributed by atoms with Gasteiger partial charge in [-0.1, -0.05) is 13.0 Å². The average molecular weight is 263 g/mol. The van der Waals surface area contributed by atoms with E-state index in [1.807, 2.05) is 0 Å². The third-order valence-corrected chi connectivity index (χ3v) is 4.19. The zero-order valence-corrected chi connectivity index (χ0v) is 12.1. The summed E-state index contributed by atoms with van der Waals surface area (Å²) in [5.41, 5.74) is 2.45. The third-order valence-electron chi connectivity index (χ3n) is 3.14. The fourth-order valence-corrected chi connectivity index (χ4v) is 2.76. The standard InChI is InChI=1S/C14H21N3S/c1-4-12-9-13(17(5-2)16-12)10-15-11(3)14-7-6-8-18-14/h6-9,11,15H,4-5,10H2,1-3H3/t11-/m0/s1. The Morgan fingerprint density at radius 2 is 2.28 bits per heavy atom. The SMILES string of the molecule is CCc1cc(CN[C@@H](C)c2cccs2)n(CC)n1. The van der Waals surface area contributed by atoms with E-state index in [-0.39, 0.29) is 0 Å². The van der Waals surface area contributed by atoms with Gasteiger partial charge in [0.1, 0.15) is 0 Å². The van der Waals surface area contributed by atoms with Gasteiger partial charge in [-0.05, 0) is 37.8 Å². The summed E-state index contributed by atoms with van der Waals surface area (Å²) in [5, 5.41) is 10.3. The summed E-state index contributed by atoms with van der Waals surface area (Å²) < 4.78 is 2.09. The van der Waals surface area contributed by atoms with Gasteiger partial charge in [-0.15, -0.1) is 11.3 Å². The zero-order chi connectivity index (χ0) is 13.0. The van der Waals surface area contributed by atoms with Crippen LogP contribution >= 0.6 is 11.3 Å². The molecule has 0 aliphatic rings. The Labute approximate surface area is 113 Å². The molecule has 98 valence electrons. The lowest BCUT2D eigenvalue weighted by Crippen LogP contribution is -2.19. The molecule has 3 nitrogen and oxygen atoms in total. The van der Waals surface area contributed by atoms with Crippen molar-refractivity contribution in [3.8, 4) is 0 Å². The van der Waals surface area contributed by atoms with Gasteiger partial charge in [0.2, 0.25) is 0 Å². The summed E-state index contributed by atoms with van der Waals surface area (Å²) in [7, 11) is 0. The predicted molar refractivity (Wildman–Crippen MR) is 76.9 cm³/mol. The molecule has 0 radical (unpaired) electrons. The largest absolute Gasteiger partial charge is 0.304 e. The molecular weight excluding hydrogens is 242 g/mol. The highest BCUT2D eigenvalue weighted by Gasteiger charge is 2.09. The van der Waals surface area contributed by atoms with E-state index in [1.165, 1.54) is 16.3 Å². The van der Waals surface area contributed by atoms with Gasteiger partial charge in [0.05, 0.1) is 11.4 Å². The van der Waals surface area contributed by atoms with Gasteiger partial charge in [0, 0.05) is 24.0 Å². The highest BCUT2D eigenvalue weighted by atomic mass is 32.1. The minimum atomic E-state index is 0.398. The molecule has 2 heterocycles. The third kappa shape index (κ3) is 3.00. The molecule has 18 heavy (non-hydrogen) atoms. The lowest BCUT2D eigenvalue weighted by atomic mass is 10.2. The Morgan fingerprint density at radius 1 is 1.44 bits per heavy atom. The van der Waals surface area contributed by atoms with Gasteiger partial charge in [0.25, 0.3) is 0 Å². The molecule has 0 fully saturated rings. The van der Waals surface area contributed by atoms with Crippen LogP contribution < -0.4 is 5.32 Å². The normalized spacial score (nSPS) is 12.8. The summed E-state index contributed by atoms with van der Waals surface area (Å²) in [6.07, 6.45) is 1.00. The van der Waals surface area contributed by atoms with E-state index in [0.717, 1.165) is 19.5 Å². The molecule has 0 unspecified atom stereocenters. The molecule has 0 aliphatic heterocycles. The minimum absolute atomic E-state index is 0.398. The molecule has 0 saturated heterocycles. The van der Waals surface area contributed by atoms with Crippen molar-refractivity contribution in [2.45, 2.75) is 46.3 Å². The Hall–Kier alpha value is -1.13. The summed E-state index contributed by atoms with van der Waals surface area (Å²) in [5.74, 6) is 0. The monoisotopic (exact) mass is 263 g/mol. The quantitative estimate of drug-likeness (QED) is 0.866. The fraction of sp³-hybridized carbons (Fsp3) is 0.500. The van der Waals surface area contributed by atoms with E-state index in [1.54, 1.807) is 11.3 Å². The highest BCUT2D eigenvalue weighted by Crippen LogP contribution is 2.18. The molecule has 1 atom stereocenters. The first-order chi connectivity index (χ1) is 8.74. The van der Waals surface area contributed by atoms with Gasteiger partial charge in [-0.25, -0.2) is 0 Å². The Morgan fingerprint density at radius 3 is 2.89 bits per heavy atom. The van der Waals surface area contributed by atoms with Crippen molar-refractivity contribution in [3.05, 3.63) is 39.8 Å². The highest BCUT2D eigenvalue weighted by molar-refractivity contribution is 7.10. The Kier molecular flexibility index (Phi) is 4.55. The summed E-state index contributed by atoms with van der Waals surface area (Å²) in [6, 6.07) is 6.88. The molecule has 0 bridgehead atoms. The average Bonchev–Trinajstić information content (AvgIpc) is 3.04. The summed E-state index contributed by atoms with van der Waals surface area (Å²) in [4.78, 5) is 1.38. The van der Waals surface area contributed by atoms with Crippen molar-refractivity contribution in [2.75, 3.05) is 0 Å². The topological polar surface area (TPSA) is 29.9 Å². The molecule has 0 amide bonds. The molecule has 0 aliphatic carbocycles. The summed E-state index contributed by atoms with van der Waals surface area (Å²) >= 11 is 1.80. The molecule has 1 N–H and O–H groups in total. The van der Waals surface area contributed by atoms with Crippen LogP contribution in [0.15, 0.2) is 23.6 Å². The van der Waals surface area contributed by atoms with Crippen LogP contribution in [-0.4, -0.2) is 9.78 Å². The number of hydrogen-bond acceptors (Lipinski definition) is 3. The van der Waals surface area contributed by atoms with Gasteiger partial charge < -0.3 is 5.32 Å².